The zero-order valence-corrected chi connectivity index (χ0v) is 13.0. The highest BCUT2D eigenvalue weighted by Gasteiger charge is 2.30. The second-order valence-electron chi connectivity index (χ2n) is 5.28. The van der Waals surface area contributed by atoms with Crippen molar-refractivity contribution in [2.75, 3.05) is 13.7 Å². The third-order valence-electron chi connectivity index (χ3n) is 3.51. The maximum absolute atomic E-state index is 12.7. The topological polar surface area (TPSA) is 61.7 Å². The van der Waals surface area contributed by atoms with Gasteiger partial charge in [-0.3, -0.25) is 0 Å². The summed E-state index contributed by atoms with van der Waals surface area (Å²) in [6, 6.07) is 9.47. The largest absolute Gasteiger partial charge is 0.504 e. The van der Waals surface area contributed by atoms with Crippen LogP contribution < -0.4 is 10.1 Å². The van der Waals surface area contributed by atoms with Gasteiger partial charge in [-0.1, -0.05) is 18.2 Å². The molecule has 2 aromatic carbocycles. The lowest BCUT2D eigenvalue weighted by atomic mass is 10.1. The van der Waals surface area contributed by atoms with Gasteiger partial charge in [-0.2, -0.15) is 13.2 Å². The van der Waals surface area contributed by atoms with E-state index in [0.29, 0.717) is 12.3 Å². The Balaban J connectivity index is 1.94. The van der Waals surface area contributed by atoms with E-state index in [-0.39, 0.29) is 17.9 Å². The number of hydrogen-bond donors (Lipinski definition) is 3. The molecule has 4 nitrogen and oxygen atoms in total. The highest BCUT2D eigenvalue weighted by atomic mass is 19.4. The number of halogens is 3. The van der Waals surface area contributed by atoms with Gasteiger partial charge in [-0.15, -0.1) is 0 Å². The van der Waals surface area contributed by atoms with Crippen LogP contribution in [0.25, 0.3) is 0 Å². The van der Waals surface area contributed by atoms with E-state index in [4.69, 9.17) is 4.74 Å². The third kappa shape index (κ3) is 4.62. The van der Waals surface area contributed by atoms with Crippen molar-refractivity contribution in [1.82, 2.24) is 5.32 Å². The zero-order valence-electron chi connectivity index (χ0n) is 13.0. The molecule has 0 aliphatic carbocycles. The number of aromatic hydroxyl groups is 1. The molecule has 7 heteroatoms. The fourth-order valence-corrected chi connectivity index (χ4v) is 2.24. The Kier molecular flexibility index (Phi) is 5.69. The Morgan fingerprint density at radius 2 is 1.92 bits per heavy atom. The molecule has 0 aliphatic heterocycles. The van der Waals surface area contributed by atoms with Gasteiger partial charge in [0.2, 0.25) is 0 Å². The second-order valence-corrected chi connectivity index (χ2v) is 5.28. The molecular weight excluding hydrogens is 323 g/mol. The standard InChI is InChI=1S/C17H18F3NO3/c1-24-16-6-5-11(7-14(16)22)9-21-10-15(23)12-3-2-4-13(8-12)17(18,19)20/h2-8,15,21-23H,9-10H2,1H3. The summed E-state index contributed by atoms with van der Waals surface area (Å²) in [5.74, 6) is 0.345. The van der Waals surface area contributed by atoms with Crippen molar-refractivity contribution in [3.63, 3.8) is 0 Å². The summed E-state index contributed by atoms with van der Waals surface area (Å²) >= 11 is 0. The van der Waals surface area contributed by atoms with E-state index in [1.165, 1.54) is 25.3 Å². The minimum atomic E-state index is -4.44. The molecule has 0 radical (unpaired) electrons. The van der Waals surface area contributed by atoms with Gasteiger partial charge in [0.25, 0.3) is 0 Å². The summed E-state index contributed by atoms with van der Waals surface area (Å²) in [6.45, 7) is 0.418. The molecule has 2 aromatic rings. The van der Waals surface area contributed by atoms with Gasteiger partial charge in [-0.05, 0) is 35.4 Å². The SMILES string of the molecule is COc1ccc(CNCC(O)c2cccc(C(F)(F)F)c2)cc1O. The summed E-state index contributed by atoms with van der Waals surface area (Å²) in [5, 5.41) is 22.6. The van der Waals surface area contributed by atoms with Gasteiger partial charge < -0.3 is 20.3 Å². The number of methoxy groups -OCH3 is 1. The predicted octanol–water partition coefficient (Wildman–Crippen LogP) is 3.24. The molecule has 3 N–H and O–H groups in total. The highest BCUT2D eigenvalue weighted by molar-refractivity contribution is 5.41. The first-order valence-electron chi connectivity index (χ1n) is 7.23. The molecule has 0 bridgehead atoms. The van der Waals surface area contributed by atoms with Crippen molar-refractivity contribution in [1.29, 1.82) is 0 Å². The Morgan fingerprint density at radius 1 is 1.17 bits per heavy atom. The van der Waals surface area contributed by atoms with Gasteiger partial charge in [0.1, 0.15) is 0 Å². The minimum absolute atomic E-state index is 0.00442. The molecule has 1 unspecified atom stereocenters. The number of benzene rings is 2. The average Bonchev–Trinajstić information content (AvgIpc) is 2.54. The molecule has 24 heavy (non-hydrogen) atoms. The lowest BCUT2D eigenvalue weighted by Gasteiger charge is -2.15. The normalized spacial score (nSPS) is 12.9. The molecule has 0 aliphatic rings. The van der Waals surface area contributed by atoms with Crippen LogP contribution in [-0.2, 0) is 12.7 Å². The van der Waals surface area contributed by atoms with Crippen molar-refractivity contribution in [3.8, 4) is 11.5 Å². The Bertz CT molecular complexity index is 689. The number of nitrogens with one attached hydrogen (secondary N) is 1. The van der Waals surface area contributed by atoms with E-state index in [1.807, 2.05) is 0 Å². The summed E-state index contributed by atoms with van der Waals surface area (Å²) in [6.07, 6.45) is -5.51. The Labute approximate surface area is 137 Å². The lowest BCUT2D eigenvalue weighted by molar-refractivity contribution is -0.137. The van der Waals surface area contributed by atoms with E-state index >= 15 is 0 Å². The number of aliphatic hydroxyl groups is 1. The first-order valence-corrected chi connectivity index (χ1v) is 7.23. The van der Waals surface area contributed by atoms with Crippen LogP contribution in [0.1, 0.15) is 22.8 Å². The minimum Gasteiger partial charge on any atom is -0.504 e. The monoisotopic (exact) mass is 341 g/mol. The molecule has 2 rings (SSSR count). The summed E-state index contributed by atoms with van der Waals surface area (Å²) < 4.78 is 43.0. The summed E-state index contributed by atoms with van der Waals surface area (Å²) in [7, 11) is 1.44. The maximum Gasteiger partial charge on any atom is 0.416 e. The third-order valence-corrected chi connectivity index (χ3v) is 3.51. The maximum atomic E-state index is 12.7. The van der Waals surface area contributed by atoms with Crippen molar-refractivity contribution in [3.05, 3.63) is 59.2 Å². The number of ether oxygens (including phenoxy) is 1. The first-order chi connectivity index (χ1) is 11.3. The molecular formula is C17H18F3NO3. The van der Waals surface area contributed by atoms with Crippen LogP contribution in [0.15, 0.2) is 42.5 Å². The predicted molar refractivity (Wildman–Crippen MR) is 82.8 cm³/mol. The highest BCUT2D eigenvalue weighted by Crippen LogP contribution is 2.30. The van der Waals surface area contributed by atoms with E-state index in [0.717, 1.165) is 17.7 Å². The van der Waals surface area contributed by atoms with Crippen LogP contribution in [0.5, 0.6) is 11.5 Å². The number of aliphatic hydroxyl groups excluding tert-OH is 1. The van der Waals surface area contributed by atoms with Gasteiger partial charge >= 0.3 is 6.18 Å². The second kappa shape index (κ2) is 7.55. The van der Waals surface area contributed by atoms with E-state index in [1.54, 1.807) is 12.1 Å². The van der Waals surface area contributed by atoms with Crippen molar-refractivity contribution < 1.29 is 28.1 Å². The molecule has 0 saturated heterocycles. The number of hydrogen-bond acceptors (Lipinski definition) is 4. The van der Waals surface area contributed by atoms with Crippen molar-refractivity contribution in [2.45, 2.75) is 18.8 Å². The lowest BCUT2D eigenvalue weighted by Crippen LogP contribution is -2.21. The number of phenolic OH excluding ortho intramolecular Hbond substituents is 1. The Morgan fingerprint density at radius 3 is 2.54 bits per heavy atom. The molecule has 0 spiro atoms. The van der Waals surface area contributed by atoms with Crippen LogP contribution in [-0.4, -0.2) is 23.9 Å². The average molecular weight is 341 g/mol. The Hall–Kier alpha value is -2.25. The quantitative estimate of drug-likeness (QED) is 0.755. The smallest absolute Gasteiger partial charge is 0.416 e. The molecule has 130 valence electrons. The van der Waals surface area contributed by atoms with Gasteiger partial charge in [0.15, 0.2) is 11.5 Å². The molecule has 0 amide bonds. The van der Waals surface area contributed by atoms with Gasteiger partial charge in [-0.25, -0.2) is 0 Å². The van der Waals surface area contributed by atoms with E-state index < -0.39 is 17.8 Å². The fourth-order valence-electron chi connectivity index (χ4n) is 2.24. The van der Waals surface area contributed by atoms with Crippen molar-refractivity contribution in [2.24, 2.45) is 0 Å². The first kappa shape index (κ1) is 18.1. The molecule has 0 fully saturated rings. The number of rotatable bonds is 6. The summed E-state index contributed by atoms with van der Waals surface area (Å²) in [5.41, 5.74) is 0.151. The molecule has 0 aromatic heterocycles. The fraction of sp³-hybridized carbons (Fsp3) is 0.294. The van der Waals surface area contributed by atoms with Crippen LogP contribution >= 0.6 is 0 Å². The van der Waals surface area contributed by atoms with Crippen molar-refractivity contribution >= 4 is 0 Å². The van der Waals surface area contributed by atoms with E-state index in [9.17, 15) is 23.4 Å². The van der Waals surface area contributed by atoms with Crippen LogP contribution in [0.2, 0.25) is 0 Å². The number of alkyl halides is 3. The van der Waals surface area contributed by atoms with Gasteiger partial charge in [0, 0.05) is 13.1 Å². The molecule has 0 heterocycles. The molecule has 1 atom stereocenters. The van der Waals surface area contributed by atoms with Gasteiger partial charge in [0.05, 0.1) is 18.8 Å². The van der Waals surface area contributed by atoms with Crippen LogP contribution in [0.3, 0.4) is 0 Å². The summed E-state index contributed by atoms with van der Waals surface area (Å²) in [4.78, 5) is 0. The number of phenols is 1. The zero-order chi connectivity index (χ0) is 17.7. The van der Waals surface area contributed by atoms with Crippen LogP contribution in [0.4, 0.5) is 13.2 Å². The molecule has 0 saturated carbocycles. The van der Waals surface area contributed by atoms with Crippen LogP contribution in [0, 0.1) is 0 Å². The van der Waals surface area contributed by atoms with E-state index in [2.05, 4.69) is 5.32 Å².